The molecule has 8 aromatic rings. The molecule has 0 radical (unpaired) electrons. The van der Waals surface area contributed by atoms with Gasteiger partial charge in [0.05, 0.1) is 0 Å². The first-order valence-electron chi connectivity index (χ1n) is 18.5. The fraction of sp³-hybridized carbons (Fsp3) is 0.0400. The normalized spacial score (nSPS) is 10.4. The number of phenols is 6. The number of hydrogen-bond acceptors (Lipinski definition) is 8. The van der Waals surface area contributed by atoms with Crippen molar-refractivity contribution in [2.75, 3.05) is 0 Å². The zero-order valence-electron chi connectivity index (χ0n) is 32.4. The zero-order chi connectivity index (χ0) is 40.7. The molecule has 2 aromatic heterocycles. The molecular formula is C50H46N2O8. The molecule has 0 saturated carbocycles. The molecule has 0 bridgehead atoms. The van der Waals surface area contributed by atoms with Gasteiger partial charge in [-0.3, -0.25) is 9.97 Å². The number of pyridine rings is 2. The van der Waals surface area contributed by atoms with Gasteiger partial charge in [0, 0.05) is 58.9 Å². The molecule has 10 N–H and O–H groups in total. The van der Waals surface area contributed by atoms with Gasteiger partial charge in [-0.1, -0.05) is 109 Å². The van der Waals surface area contributed by atoms with E-state index in [1.165, 1.54) is 0 Å². The minimum absolute atomic E-state index is 0. The first kappa shape index (κ1) is 44.8. The summed E-state index contributed by atoms with van der Waals surface area (Å²) in [5, 5.41) is 59.9. The summed E-state index contributed by atoms with van der Waals surface area (Å²) in [6.45, 7) is 0. The van der Waals surface area contributed by atoms with Crippen LogP contribution in [0.25, 0.3) is 12.2 Å². The number of aromatic hydroxyl groups is 6. The van der Waals surface area contributed by atoms with Crippen LogP contribution in [0.1, 0.15) is 56.3 Å². The molecule has 0 saturated heterocycles. The van der Waals surface area contributed by atoms with Crippen LogP contribution in [0.2, 0.25) is 0 Å². The van der Waals surface area contributed by atoms with E-state index in [0.717, 1.165) is 22.3 Å². The van der Waals surface area contributed by atoms with E-state index in [9.17, 15) is 30.6 Å². The number of phenolic OH excluding ortho intramolecular Hbond substituents is 6. The first-order chi connectivity index (χ1) is 28.3. The third kappa shape index (κ3) is 11.8. The predicted octanol–water partition coefficient (Wildman–Crippen LogP) is 8.96. The molecule has 0 unspecified atom stereocenters. The zero-order valence-corrected chi connectivity index (χ0v) is 32.4. The van der Waals surface area contributed by atoms with Crippen molar-refractivity contribution in [1.29, 1.82) is 0 Å². The highest BCUT2D eigenvalue weighted by Gasteiger charge is 2.23. The number of benzene rings is 6. The Morgan fingerprint density at radius 3 is 0.817 bits per heavy atom. The first-order valence-corrected chi connectivity index (χ1v) is 18.5. The van der Waals surface area contributed by atoms with Gasteiger partial charge in [-0.25, -0.2) is 0 Å². The minimum Gasteiger partial charge on any atom is -0.508 e. The van der Waals surface area contributed by atoms with E-state index in [1.807, 2.05) is 72.8 Å². The molecule has 8 rings (SSSR count). The van der Waals surface area contributed by atoms with Crippen LogP contribution < -0.4 is 0 Å². The second-order valence-electron chi connectivity index (χ2n) is 13.2. The van der Waals surface area contributed by atoms with Crippen LogP contribution >= 0.6 is 0 Å². The van der Waals surface area contributed by atoms with Crippen molar-refractivity contribution in [2.24, 2.45) is 0 Å². The SMILES string of the molecule is C(=C\c1ccncc1)/c1ccncc1.O.O.Oc1ccc(C(c2ccccc2O)c2ccccc2O)cc1.Oc1ccc(C(c2ccccc2O)c2ccccc2O)cc1. The van der Waals surface area contributed by atoms with E-state index in [0.29, 0.717) is 22.3 Å². The van der Waals surface area contributed by atoms with E-state index in [-0.39, 0.29) is 57.3 Å². The van der Waals surface area contributed by atoms with Crippen LogP contribution in [0.3, 0.4) is 0 Å². The van der Waals surface area contributed by atoms with Crippen LogP contribution in [-0.4, -0.2) is 51.6 Å². The van der Waals surface area contributed by atoms with Crippen LogP contribution in [0.4, 0.5) is 0 Å². The van der Waals surface area contributed by atoms with Crippen molar-refractivity contribution in [3.05, 3.63) is 239 Å². The van der Waals surface area contributed by atoms with Gasteiger partial charge >= 0.3 is 0 Å². The molecule has 0 aliphatic carbocycles. The van der Waals surface area contributed by atoms with Crippen LogP contribution in [-0.2, 0) is 0 Å². The highest BCUT2D eigenvalue weighted by atomic mass is 16.3. The fourth-order valence-electron chi connectivity index (χ4n) is 6.45. The minimum atomic E-state index is -0.317. The molecule has 0 aliphatic rings. The predicted molar refractivity (Wildman–Crippen MR) is 235 cm³/mol. The van der Waals surface area contributed by atoms with Crippen molar-refractivity contribution in [2.45, 2.75) is 11.8 Å². The average molecular weight is 803 g/mol. The standard InChI is InChI=1S/2C19H16O3.C12H10N2.2H2O/c2*20-14-11-9-13(10-12-14)19(15-5-1-3-7-17(15)21)16-6-2-4-8-18(16)22;1(11-3-7-13-8-4-11)2-12-5-9-14-10-6-12;;/h2*1-12,19-22H;1-10H;2*1H2/b;;2-1+;;. The topological polar surface area (TPSA) is 210 Å². The summed E-state index contributed by atoms with van der Waals surface area (Å²) in [7, 11) is 0. The van der Waals surface area contributed by atoms with E-state index >= 15 is 0 Å². The van der Waals surface area contributed by atoms with Gasteiger partial charge < -0.3 is 41.6 Å². The molecule has 0 amide bonds. The third-order valence-corrected chi connectivity index (χ3v) is 9.32. The molecule has 10 nitrogen and oxygen atoms in total. The molecule has 0 fully saturated rings. The number of nitrogens with zero attached hydrogens (tertiary/aromatic N) is 2. The van der Waals surface area contributed by atoms with Crippen molar-refractivity contribution in [3.8, 4) is 34.5 Å². The Labute approximate surface area is 348 Å². The number of hydrogen-bond donors (Lipinski definition) is 6. The Kier molecular flexibility index (Phi) is 16.5. The summed E-state index contributed by atoms with van der Waals surface area (Å²) in [6.07, 6.45) is 11.2. The van der Waals surface area contributed by atoms with E-state index in [1.54, 1.807) is 122 Å². The summed E-state index contributed by atoms with van der Waals surface area (Å²) < 4.78 is 0. The van der Waals surface area contributed by atoms with Gasteiger partial charge in [-0.05, 0) is 95.1 Å². The van der Waals surface area contributed by atoms with Gasteiger partial charge in [0.25, 0.3) is 0 Å². The summed E-state index contributed by atoms with van der Waals surface area (Å²) in [6, 6.07) is 49.7. The van der Waals surface area contributed by atoms with E-state index in [4.69, 9.17) is 0 Å². The lowest BCUT2D eigenvalue weighted by atomic mass is 9.84. The second-order valence-corrected chi connectivity index (χ2v) is 13.2. The second kappa shape index (κ2) is 22.1. The molecule has 0 aliphatic heterocycles. The molecule has 0 atom stereocenters. The van der Waals surface area contributed by atoms with Crippen molar-refractivity contribution < 1.29 is 41.6 Å². The van der Waals surface area contributed by atoms with Gasteiger partial charge in [0.15, 0.2) is 0 Å². The van der Waals surface area contributed by atoms with Crippen LogP contribution in [0.5, 0.6) is 34.5 Å². The Morgan fingerprint density at radius 2 is 0.567 bits per heavy atom. The van der Waals surface area contributed by atoms with E-state index < -0.39 is 0 Å². The summed E-state index contributed by atoms with van der Waals surface area (Å²) in [5.41, 5.74) is 6.86. The Balaban J connectivity index is 0.000000200. The largest absolute Gasteiger partial charge is 0.508 e. The lowest BCUT2D eigenvalue weighted by Gasteiger charge is -2.20. The van der Waals surface area contributed by atoms with Gasteiger partial charge in [-0.15, -0.1) is 0 Å². The lowest BCUT2D eigenvalue weighted by molar-refractivity contribution is 0.457. The van der Waals surface area contributed by atoms with E-state index in [2.05, 4.69) is 22.1 Å². The van der Waals surface area contributed by atoms with Gasteiger partial charge in [-0.2, -0.15) is 0 Å². The molecule has 10 heteroatoms. The Morgan fingerprint density at radius 1 is 0.317 bits per heavy atom. The highest BCUT2D eigenvalue weighted by Crippen LogP contribution is 2.41. The number of rotatable bonds is 8. The fourth-order valence-corrected chi connectivity index (χ4v) is 6.45. The van der Waals surface area contributed by atoms with Gasteiger partial charge in [0.2, 0.25) is 0 Å². The molecule has 2 heterocycles. The summed E-state index contributed by atoms with van der Waals surface area (Å²) in [5.74, 6) is 0.403. The van der Waals surface area contributed by atoms with Crippen molar-refractivity contribution >= 4 is 12.2 Å². The quantitative estimate of drug-likeness (QED) is 0.0815. The highest BCUT2D eigenvalue weighted by molar-refractivity contribution is 5.69. The molecule has 6 aromatic carbocycles. The van der Waals surface area contributed by atoms with Crippen LogP contribution in [0.15, 0.2) is 195 Å². The maximum Gasteiger partial charge on any atom is 0.119 e. The number of para-hydroxylation sites is 4. The van der Waals surface area contributed by atoms with Crippen LogP contribution in [0, 0.1) is 0 Å². The van der Waals surface area contributed by atoms with Crippen molar-refractivity contribution in [3.63, 3.8) is 0 Å². The smallest absolute Gasteiger partial charge is 0.119 e. The lowest BCUT2D eigenvalue weighted by Crippen LogP contribution is -2.04. The van der Waals surface area contributed by atoms with Crippen molar-refractivity contribution in [1.82, 2.24) is 9.97 Å². The Bertz CT molecular complexity index is 2260. The molecular weight excluding hydrogens is 757 g/mol. The third-order valence-electron chi connectivity index (χ3n) is 9.32. The average Bonchev–Trinajstić information content (AvgIpc) is 3.25. The molecule has 0 spiro atoms. The summed E-state index contributed by atoms with van der Waals surface area (Å²) >= 11 is 0. The Hall–Kier alpha value is -7.92. The maximum absolute atomic E-state index is 10.2. The monoisotopic (exact) mass is 802 g/mol. The maximum atomic E-state index is 10.2. The van der Waals surface area contributed by atoms with Gasteiger partial charge in [0.1, 0.15) is 34.5 Å². The molecule has 304 valence electrons. The number of aromatic nitrogens is 2. The molecule has 60 heavy (non-hydrogen) atoms. The summed E-state index contributed by atoms with van der Waals surface area (Å²) in [4.78, 5) is 7.91.